The molecule has 7 atom stereocenters. The summed E-state index contributed by atoms with van der Waals surface area (Å²) < 4.78 is 46.9. The Hall–Kier alpha value is -7.53. The Balaban J connectivity index is 0.814. The zero-order chi connectivity index (χ0) is 63.8. The van der Waals surface area contributed by atoms with Crippen LogP contribution in [0.2, 0.25) is 0 Å². The molecule has 0 aliphatic carbocycles. The number of hydrogen-bond acceptors (Lipinski definition) is 12. The molecular formula is C64H77F2N8O12PS. The van der Waals surface area contributed by atoms with E-state index in [0.717, 1.165) is 62.2 Å². The number of nitrogens with one attached hydrogen (secondary N) is 4. The predicted octanol–water partition coefficient (Wildman–Crippen LogP) is 7.02. The van der Waals surface area contributed by atoms with Gasteiger partial charge in [-0.1, -0.05) is 106 Å². The molecule has 1 aromatic heterocycles. The van der Waals surface area contributed by atoms with Crippen molar-refractivity contribution < 1.29 is 66.5 Å². The van der Waals surface area contributed by atoms with Crippen molar-refractivity contribution in [1.29, 1.82) is 0 Å². The number of ether oxygens (including phenoxy) is 1. The smallest absolute Gasteiger partial charge is 0.391 e. The van der Waals surface area contributed by atoms with Gasteiger partial charge in [-0.2, -0.15) is 8.78 Å². The van der Waals surface area contributed by atoms with Gasteiger partial charge in [-0.05, 0) is 115 Å². The van der Waals surface area contributed by atoms with E-state index < -0.39 is 96.2 Å². The van der Waals surface area contributed by atoms with E-state index in [9.17, 15) is 61.8 Å². The number of amides is 7. The van der Waals surface area contributed by atoms with Gasteiger partial charge in [0.25, 0.3) is 0 Å². The van der Waals surface area contributed by atoms with Crippen LogP contribution in [0, 0.1) is 12.3 Å². The zero-order valence-electron chi connectivity index (χ0n) is 50.1. The number of aryl methyl sites for hydroxylation is 3. The van der Waals surface area contributed by atoms with Crippen LogP contribution in [0.15, 0.2) is 103 Å². The molecule has 4 aromatic carbocycles. The van der Waals surface area contributed by atoms with Crippen LogP contribution in [-0.4, -0.2) is 115 Å². The zero-order valence-corrected chi connectivity index (χ0v) is 51.8. The number of unbranched alkanes of at least 4 members (excludes halogenated alkanes) is 1. The monoisotopic (exact) mass is 1250 g/mol. The lowest BCUT2D eigenvalue weighted by Gasteiger charge is -2.35. The molecule has 3 aliphatic heterocycles. The van der Waals surface area contributed by atoms with Gasteiger partial charge in [0.1, 0.15) is 24.2 Å². The number of carbonyl (C=O) groups is 7. The molecule has 0 spiro atoms. The van der Waals surface area contributed by atoms with Crippen molar-refractivity contribution in [3.63, 3.8) is 0 Å². The Morgan fingerprint density at radius 2 is 1.58 bits per heavy atom. The van der Waals surface area contributed by atoms with Crippen LogP contribution < -0.4 is 31.9 Å². The van der Waals surface area contributed by atoms with Crippen LogP contribution in [0.5, 0.6) is 0 Å². The van der Waals surface area contributed by atoms with Crippen LogP contribution in [0.25, 0.3) is 16.0 Å². The van der Waals surface area contributed by atoms with E-state index in [1.54, 1.807) is 23.8 Å². The van der Waals surface area contributed by atoms with E-state index in [0.29, 0.717) is 31.4 Å². The summed E-state index contributed by atoms with van der Waals surface area (Å²) in [6, 6.07) is 20.7. The van der Waals surface area contributed by atoms with Gasteiger partial charge in [-0.15, -0.1) is 11.3 Å². The van der Waals surface area contributed by atoms with Crippen LogP contribution in [0.1, 0.15) is 124 Å². The molecule has 20 nitrogen and oxygen atoms in total. The summed E-state index contributed by atoms with van der Waals surface area (Å²) in [5, 5.41) is 22.3. The number of aliphatic hydroxyl groups is 1. The maximum atomic E-state index is 14.5. The number of nitrogens with zero attached hydrogens (tertiary/aromatic N) is 3. The van der Waals surface area contributed by atoms with Crippen LogP contribution in [0.4, 0.5) is 14.5 Å². The minimum atomic E-state index is -5.86. The van der Waals surface area contributed by atoms with Gasteiger partial charge < -0.3 is 51.5 Å². The van der Waals surface area contributed by atoms with Crippen LogP contribution in [0.3, 0.4) is 0 Å². The molecule has 0 unspecified atom stereocenters. The lowest BCUT2D eigenvalue weighted by atomic mass is 9.85. The summed E-state index contributed by atoms with van der Waals surface area (Å²) >= 11 is 1.56. The highest BCUT2D eigenvalue weighted by molar-refractivity contribution is 7.52. The fraction of sp³-hybridized carbons (Fsp3) is 0.438. The Kier molecular flexibility index (Phi) is 21.4. The maximum absolute atomic E-state index is 14.5. The van der Waals surface area contributed by atoms with Crippen molar-refractivity contribution >= 4 is 71.5 Å². The molecule has 0 bridgehead atoms. The molecule has 3 aliphatic rings. The third-order valence-corrected chi connectivity index (χ3v) is 18.3. The molecule has 1 saturated heterocycles. The van der Waals surface area contributed by atoms with E-state index >= 15 is 0 Å². The number of nitrogens with two attached hydrogens (primary N) is 1. The van der Waals surface area contributed by atoms with Crippen molar-refractivity contribution in [3.8, 4) is 10.4 Å². The molecule has 1 fully saturated rings. The highest BCUT2D eigenvalue weighted by atomic mass is 32.1. The van der Waals surface area contributed by atoms with E-state index in [-0.39, 0.29) is 81.2 Å². The molecule has 88 heavy (non-hydrogen) atoms. The molecule has 4 heterocycles. The SMILES string of the molecule is C/C(=C\C(=O)N[C@H]1CCc2cccc3c2N(C1=O)[C@H](C(=O)N[C@@H](CCC(N)=O)[C@@H](C)OCc1ccc(CCCCC(=O)N[C@H](C(=O)N2C[C@H](O)C[C@H]2C(=O)NCc2ccc(-c4scnc4C)cc2)C(C)(C)C)cc1)C3)c1cccc(C(F)(F)P(=O)(O)O)c1. The first-order chi connectivity index (χ1) is 41.6. The Bertz CT molecular complexity index is 3480. The van der Waals surface area contributed by atoms with Gasteiger partial charge in [0.15, 0.2) is 0 Å². The molecule has 9 N–H and O–H groups in total. The number of aromatic nitrogens is 1. The first kappa shape index (κ1) is 66.4. The first-order valence-corrected chi connectivity index (χ1v) is 31.9. The standard InChI is InChI=1S/C64H77F2N8O12PS/c1-37(45-13-10-15-47(30-45)64(65,66)87(83,84)85)29-55(78)70-50-26-25-43-12-9-14-46-31-52(74(56(43)46)61(50)81)60(80)71-49(27-28-53(67)76)39(3)86-35-42-19-17-40(18-20-42)11-7-8-16-54(77)72-58(63(4,5)6)62(82)73-34-48(75)32-51(73)59(79)68-33-41-21-23-44(24-22-41)57-38(2)69-36-88-57/h9-10,12-15,17-24,29-30,36,39,48-52,58,75H,7-8,11,16,25-28,31-35H2,1-6H3,(H2,67,76)(H,68,79)(H,70,78)(H,71,80)(H,72,77)(H2,83,84,85)/b37-29+/t39-,48-,49+,50+,51+,52+,58-/m1/s1. The Labute approximate surface area is 514 Å². The summed E-state index contributed by atoms with van der Waals surface area (Å²) in [5.74, 6) is -3.52. The number of hydrogen-bond donors (Lipinski definition) is 8. The lowest BCUT2D eigenvalue weighted by Crippen LogP contribution is -2.57. The number of carbonyl (C=O) groups excluding carboxylic acids is 7. The van der Waals surface area contributed by atoms with Gasteiger partial charge in [-0.3, -0.25) is 43.0 Å². The maximum Gasteiger partial charge on any atom is 0.399 e. The van der Waals surface area contributed by atoms with Crippen molar-refractivity contribution in [2.75, 3.05) is 11.4 Å². The summed E-state index contributed by atoms with van der Waals surface area (Å²) in [6.45, 7) is 11.0. The Morgan fingerprint density at radius 3 is 2.25 bits per heavy atom. The Morgan fingerprint density at radius 1 is 0.898 bits per heavy atom. The number of alkyl halides is 2. The van der Waals surface area contributed by atoms with Gasteiger partial charge in [-0.25, -0.2) is 4.98 Å². The second kappa shape index (κ2) is 28.3. The van der Waals surface area contributed by atoms with Crippen LogP contribution >= 0.6 is 18.9 Å². The summed E-state index contributed by atoms with van der Waals surface area (Å²) in [5.41, 5.74) is 8.33. The third-order valence-electron chi connectivity index (χ3n) is 16.4. The second-order valence-corrected chi connectivity index (χ2v) is 26.6. The molecule has 7 amide bonds. The number of para-hydroxylation sites is 1. The number of halogens is 2. The molecule has 470 valence electrons. The fourth-order valence-electron chi connectivity index (χ4n) is 11.4. The van der Waals surface area contributed by atoms with Crippen molar-refractivity contribution in [3.05, 3.63) is 147 Å². The molecule has 0 saturated carbocycles. The van der Waals surface area contributed by atoms with Crippen molar-refractivity contribution in [1.82, 2.24) is 31.2 Å². The molecule has 8 rings (SSSR count). The minimum Gasteiger partial charge on any atom is -0.391 e. The van der Waals surface area contributed by atoms with Crippen molar-refractivity contribution in [2.45, 2.75) is 167 Å². The number of likely N-dealkylation sites (tertiary alicyclic amines) is 1. The number of primary amides is 1. The summed E-state index contributed by atoms with van der Waals surface area (Å²) in [4.78, 5) is 122. The molecular weight excluding hydrogens is 1170 g/mol. The molecule has 24 heteroatoms. The third kappa shape index (κ3) is 16.2. The second-order valence-electron chi connectivity index (χ2n) is 24.1. The topological polar surface area (TPSA) is 300 Å². The number of β-amino-alcohol motifs (C(OH)–C–C–N with tert-alkyl or cyclic N) is 1. The number of thiazole rings is 1. The number of benzene rings is 4. The van der Waals surface area contributed by atoms with Crippen molar-refractivity contribution in [2.24, 2.45) is 11.1 Å². The summed E-state index contributed by atoms with van der Waals surface area (Å²) in [7, 11) is -5.86. The van der Waals surface area contributed by atoms with Gasteiger partial charge in [0.2, 0.25) is 41.4 Å². The highest BCUT2D eigenvalue weighted by Gasteiger charge is 2.51. The highest BCUT2D eigenvalue weighted by Crippen LogP contribution is 2.59. The number of allylic oxidation sites excluding steroid dienone is 1. The summed E-state index contributed by atoms with van der Waals surface area (Å²) in [6.07, 6.45) is 2.41. The number of aliphatic hydroxyl groups excluding tert-OH is 1. The normalized spacial score (nSPS) is 18.9. The first-order valence-electron chi connectivity index (χ1n) is 29.4. The van der Waals surface area contributed by atoms with Gasteiger partial charge >= 0.3 is 13.3 Å². The quantitative estimate of drug-likeness (QED) is 0.0166. The lowest BCUT2D eigenvalue weighted by molar-refractivity contribution is -0.144. The predicted molar refractivity (Wildman–Crippen MR) is 328 cm³/mol. The van der Waals surface area contributed by atoms with E-state index in [1.165, 1.54) is 28.9 Å². The minimum absolute atomic E-state index is 0.0348. The molecule has 5 aromatic rings. The van der Waals surface area contributed by atoms with E-state index in [1.807, 2.05) is 94.4 Å². The number of rotatable bonds is 25. The van der Waals surface area contributed by atoms with Crippen LogP contribution in [-0.2, 0) is 80.9 Å². The van der Waals surface area contributed by atoms with E-state index in [2.05, 4.69) is 26.3 Å². The number of anilines is 1. The van der Waals surface area contributed by atoms with E-state index in [4.69, 9.17) is 10.5 Å². The van der Waals surface area contributed by atoms with Gasteiger partial charge in [0, 0.05) is 50.4 Å². The average Bonchev–Trinajstić information content (AvgIpc) is 1.71. The average molecular weight is 1250 g/mol. The largest absolute Gasteiger partial charge is 0.399 e. The fourth-order valence-corrected chi connectivity index (χ4v) is 12.6. The molecule has 0 radical (unpaired) electrons. The van der Waals surface area contributed by atoms with Gasteiger partial charge in [0.05, 0.1) is 46.6 Å².